The fourth-order valence-corrected chi connectivity index (χ4v) is 6.91. The molecule has 0 unspecified atom stereocenters. The summed E-state index contributed by atoms with van der Waals surface area (Å²) in [5.41, 5.74) is 2.48. The molecule has 0 aromatic heterocycles. The maximum atomic E-state index is 13.3. The van der Waals surface area contributed by atoms with Gasteiger partial charge in [0.1, 0.15) is 5.82 Å². The van der Waals surface area contributed by atoms with E-state index in [2.05, 4.69) is 53.4 Å². The lowest BCUT2D eigenvalue weighted by Gasteiger charge is -2.41. The lowest BCUT2D eigenvalue weighted by molar-refractivity contribution is -0.138. The maximum absolute atomic E-state index is 13.3. The second-order valence-electron chi connectivity index (χ2n) is 9.72. The van der Waals surface area contributed by atoms with Crippen LogP contribution in [0.25, 0.3) is 0 Å². The molecule has 3 aromatic rings. The molecule has 2 aliphatic rings. The van der Waals surface area contributed by atoms with Gasteiger partial charge in [0.15, 0.2) is 0 Å². The van der Waals surface area contributed by atoms with Gasteiger partial charge in [0, 0.05) is 45.2 Å². The third-order valence-corrected chi connectivity index (χ3v) is 9.39. The van der Waals surface area contributed by atoms with Gasteiger partial charge in [-0.25, -0.2) is 12.8 Å². The highest BCUT2D eigenvalue weighted by Crippen LogP contribution is 2.31. The van der Waals surface area contributed by atoms with Crippen LogP contribution in [0.15, 0.2) is 89.8 Å². The number of nitrogens with zero attached hydrogens (tertiary/aromatic N) is 3. The summed E-state index contributed by atoms with van der Waals surface area (Å²) < 4.78 is 40.5. The first-order chi connectivity index (χ1) is 17.9. The minimum Gasteiger partial charge on any atom is -0.340 e. The van der Waals surface area contributed by atoms with Crippen molar-refractivity contribution in [1.29, 1.82) is 0 Å². The van der Waals surface area contributed by atoms with Gasteiger partial charge in [-0.2, -0.15) is 4.31 Å². The van der Waals surface area contributed by atoms with Gasteiger partial charge in [-0.15, -0.1) is 0 Å². The molecule has 1 amide bonds. The van der Waals surface area contributed by atoms with Gasteiger partial charge < -0.3 is 4.90 Å². The number of carbonyl (C=O) groups is 1. The average molecular weight is 522 g/mol. The van der Waals surface area contributed by atoms with Crippen LogP contribution in [0.2, 0.25) is 0 Å². The van der Waals surface area contributed by atoms with Crippen molar-refractivity contribution in [3.05, 3.63) is 102 Å². The average Bonchev–Trinajstić information content (AvgIpc) is 2.95. The number of hydrogen-bond donors (Lipinski definition) is 0. The maximum Gasteiger partial charge on any atom is 0.243 e. The number of sulfonamides is 1. The van der Waals surface area contributed by atoms with E-state index < -0.39 is 15.8 Å². The fraction of sp³-hybridized carbons (Fsp3) is 0.345. The first-order valence-electron chi connectivity index (χ1n) is 12.8. The summed E-state index contributed by atoms with van der Waals surface area (Å²) in [5.74, 6) is -0.526. The minimum absolute atomic E-state index is 0.0844. The third-order valence-electron chi connectivity index (χ3n) is 7.48. The first kappa shape index (κ1) is 25.6. The number of rotatable bonds is 6. The van der Waals surface area contributed by atoms with Crippen LogP contribution in [0.3, 0.4) is 0 Å². The van der Waals surface area contributed by atoms with E-state index in [1.165, 1.54) is 27.6 Å². The van der Waals surface area contributed by atoms with Crippen molar-refractivity contribution in [2.45, 2.75) is 23.8 Å². The molecule has 6 nitrogen and oxygen atoms in total. The van der Waals surface area contributed by atoms with E-state index in [-0.39, 0.29) is 22.8 Å². The highest BCUT2D eigenvalue weighted by Gasteiger charge is 2.35. The molecule has 0 bridgehead atoms. The summed E-state index contributed by atoms with van der Waals surface area (Å²) in [4.78, 5) is 17.8. The molecule has 5 rings (SSSR count). The van der Waals surface area contributed by atoms with E-state index in [0.717, 1.165) is 25.2 Å². The van der Waals surface area contributed by atoms with Gasteiger partial charge in [-0.1, -0.05) is 60.7 Å². The molecule has 2 aliphatic heterocycles. The summed E-state index contributed by atoms with van der Waals surface area (Å²) in [6, 6.07) is 26.0. The summed E-state index contributed by atoms with van der Waals surface area (Å²) in [6.07, 6.45) is 0.992. The predicted octanol–water partition coefficient (Wildman–Crippen LogP) is 4.16. The molecule has 0 saturated carbocycles. The van der Waals surface area contributed by atoms with Crippen LogP contribution >= 0.6 is 0 Å². The zero-order chi connectivity index (χ0) is 25.8. The van der Waals surface area contributed by atoms with Crippen LogP contribution < -0.4 is 0 Å². The van der Waals surface area contributed by atoms with E-state index in [1.807, 2.05) is 17.0 Å². The van der Waals surface area contributed by atoms with E-state index >= 15 is 0 Å². The number of piperidine rings is 1. The number of amides is 1. The van der Waals surface area contributed by atoms with Crippen LogP contribution in [0.4, 0.5) is 4.39 Å². The topological polar surface area (TPSA) is 60.9 Å². The Balaban J connectivity index is 1.19. The van der Waals surface area contributed by atoms with E-state index in [4.69, 9.17) is 0 Å². The Labute approximate surface area is 218 Å². The lowest BCUT2D eigenvalue weighted by Crippen LogP contribution is -2.52. The number of benzene rings is 3. The van der Waals surface area contributed by atoms with Gasteiger partial charge >= 0.3 is 0 Å². The Morgan fingerprint density at radius 3 is 1.76 bits per heavy atom. The monoisotopic (exact) mass is 521 g/mol. The fourth-order valence-electron chi connectivity index (χ4n) is 5.44. The van der Waals surface area contributed by atoms with Crippen molar-refractivity contribution < 1.29 is 17.6 Å². The van der Waals surface area contributed by atoms with Crippen LogP contribution in [0.1, 0.15) is 30.0 Å². The molecule has 0 N–H and O–H groups in total. The van der Waals surface area contributed by atoms with Crippen molar-refractivity contribution in [1.82, 2.24) is 14.1 Å². The number of halogens is 1. The van der Waals surface area contributed by atoms with Crippen molar-refractivity contribution in [2.75, 3.05) is 39.3 Å². The zero-order valence-corrected chi connectivity index (χ0v) is 21.6. The van der Waals surface area contributed by atoms with E-state index in [0.29, 0.717) is 39.0 Å². The molecule has 2 fully saturated rings. The van der Waals surface area contributed by atoms with Crippen LogP contribution in [0, 0.1) is 11.7 Å². The van der Waals surface area contributed by atoms with Crippen LogP contribution in [-0.4, -0.2) is 67.7 Å². The van der Waals surface area contributed by atoms with Crippen LogP contribution in [-0.2, 0) is 14.8 Å². The molecule has 0 atom stereocenters. The second-order valence-corrected chi connectivity index (χ2v) is 11.7. The molecule has 194 valence electrons. The first-order valence-corrected chi connectivity index (χ1v) is 14.3. The molecule has 2 saturated heterocycles. The van der Waals surface area contributed by atoms with Crippen molar-refractivity contribution in [3.8, 4) is 0 Å². The Kier molecular flexibility index (Phi) is 7.69. The van der Waals surface area contributed by atoms with Gasteiger partial charge in [0.05, 0.1) is 10.9 Å². The van der Waals surface area contributed by atoms with Gasteiger partial charge in [-0.05, 0) is 48.2 Å². The highest BCUT2D eigenvalue weighted by atomic mass is 32.2. The predicted molar refractivity (Wildman–Crippen MR) is 141 cm³/mol. The molecule has 2 heterocycles. The van der Waals surface area contributed by atoms with Crippen molar-refractivity contribution >= 4 is 15.9 Å². The standard InChI is InChI=1S/C29H32FN3O3S/c30-26-11-13-27(14-12-26)37(35,36)33-17-15-25(16-18-33)29(34)32-21-19-31(20-22-32)28(23-7-3-1-4-8-23)24-9-5-2-6-10-24/h1-14,25,28H,15-22H2. The SMILES string of the molecule is O=C(C1CCN(S(=O)(=O)c2ccc(F)cc2)CC1)N1CCN(C(c2ccccc2)c2ccccc2)CC1. The summed E-state index contributed by atoms with van der Waals surface area (Å²) in [5, 5.41) is 0. The molecule has 0 radical (unpaired) electrons. The van der Waals surface area contributed by atoms with Crippen molar-refractivity contribution in [3.63, 3.8) is 0 Å². The van der Waals surface area contributed by atoms with E-state index in [9.17, 15) is 17.6 Å². The third kappa shape index (κ3) is 5.61. The molecule has 3 aromatic carbocycles. The highest BCUT2D eigenvalue weighted by molar-refractivity contribution is 7.89. The van der Waals surface area contributed by atoms with Crippen molar-refractivity contribution in [2.24, 2.45) is 5.92 Å². The van der Waals surface area contributed by atoms with Gasteiger partial charge in [0.2, 0.25) is 15.9 Å². The summed E-state index contributed by atoms with van der Waals surface area (Å²) in [7, 11) is -3.69. The number of hydrogen-bond acceptors (Lipinski definition) is 4. The van der Waals surface area contributed by atoms with Crippen LogP contribution in [0.5, 0.6) is 0 Å². The molecular weight excluding hydrogens is 489 g/mol. The minimum atomic E-state index is -3.69. The molecule has 0 spiro atoms. The summed E-state index contributed by atoms with van der Waals surface area (Å²) in [6.45, 7) is 3.45. The normalized spacial score (nSPS) is 18.3. The molecule has 37 heavy (non-hydrogen) atoms. The quantitative estimate of drug-likeness (QED) is 0.489. The Bertz CT molecular complexity index is 1250. The largest absolute Gasteiger partial charge is 0.340 e. The second kappa shape index (κ2) is 11.1. The summed E-state index contributed by atoms with van der Waals surface area (Å²) >= 11 is 0. The number of piperazine rings is 1. The lowest BCUT2D eigenvalue weighted by atomic mass is 9.95. The molecule has 8 heteroatoms. The van der Waals surface area contributed by atoms with Gasteiger partial charge in [-0.3, -0.25) is 9.69 Å². The Morgan fingerprint density at radius 1 is 0.730 bits per heavy atom. The zero-order valence-electron chi connectivity index (χ0n) is 20.7. The smallest absolute Gasteiger partial charge is 0.243 e. The molecular formula is C29H32FN3O3S. The Hall–Kier alpha value is -3.07. The van der Waals surface area contributed by atoms with Gasteiger partial charge in [0.25, 0.3) is 0 Å². The molecule has 0 aliphatic carbocycles. The number of carbonyl (C=O) groups excluding carboxylic acids is 1. The Morgan fingerprint density at radius 2 is 1.24 bits per heavy atom. The van der Waals surface area contributed by atoms with E-state index in [1.54, 1.807) is 0 Å².